The Morgan fingerprint density at radius 3 is 1.73 bits per heavy atom. The summed E-state index contributed by atoms with van der Waals surface area (Å²) in [5.74, 6) is -6.52. The fraction of sp³-hybridized carbons (Fsp3) is 0.639. The number of nitrogens with one attached hydrogen (secondary N) is 5. The maximum atomic E-state index is 13.8. The molecule has 0 radical (unpaired) electrons. The van der Waals surface area contributed by atoms with Gasteiger partial charge < -0.3 is 48.9 Å². The first-order valence-electron chi connectivity index (χ1n) is 18.0. The van der Waals surface area contributed by atoms with E-state index in [1.807, 2.05) is 6.92 Å². The van der Waals surface area contributed by atoms with Crippen LogP contribution in [0.15, 0.2) is 30.3 Å². The molecule has 0 heterocycles. The van der Waals surface area contributed by atoms with Gasteiger partial charge in [0.25, 0.3) is 0 Å². The molecule has 0 aliphatic rings. The Morgan fingerprint density at radius 1 is 0.673 bits per heavy atom. The van der Waals surface area contributed by atoms with Crippen LogP contribution in [0.1, 0.15) is 85.6 Å². The molecule has 0 spiro atoms. The number of rotatable bonds is 24. The van der Waals surface area contributed by atoms with E-state index in [1.54, 1.807) is 65.0 Å². The molecule has 0 aromatic heterocycles. The van der Waals surface area contributed by atoms with E-state index in [-0.39, 0.29) is 31.6 Å². The van der Waals surface area contributed by atoms with E-state index in [0.29, 0.717) is 31.4 Å². The summed E-state index contributed by atoms with van der Waals surface area (Å²) in [5.41, 5.74) is 17.5. The van der Waals surface area contributed by atoms with E-state index in [1.165, 1.54) is 0 Å². The highest BCUT2D eigenvalue weighted by Crippen LogP contribution is 2.13. The van der Waals surface area contributed by atoms with Gasteiger partial charge in [-0.05, 0) is 55.5 Å². The molecule has 0 saturated carbocycles. The SMILES string of the molecule is CC[C@H](C)[C@H](NC(=O)[C@H](CCC(N)=O)NC(=O)[C@@H](N)C(C)C)C(=O)N[C@H](C(=O)N[C@@H](Cc1ccccc1)C(=O)N[C@@H](CCCCN)C(=O)O)C(C)C. The molecule has 16 nitrogen and oxygen atoms in total. The van der Waals surface area contributed by atoms with Crippen LogP contribution in [0.3, 0.4) is 0 Å². The average Bonchev–Trinajstić information content (AvgIpc) is 3.09. The monoisotopic (exact) mass is 732 g/mol. The topological polar surface area (TPSA) is 278 Å². The first-order chi connectivity index (χ1) is 24.4. The molecule has 0 aliphatic heterocycles. The number of nitrogens with two attached hydrogens (primary N) is 3. The van der Waals surface area contributed by atoms with Gasteiger partial charge in [-0.25, -0.2) is 4.79 Å². The molecule has 1 aromatic carbocycles. The van der Waals surface area contributed by atoms with Gasteiger partial charge in [0.1, 0.15) is 30.2 Å². The second kappa shape index (κ2) is 23.1. The Labute approximate surface area is 306 Å². The molecule has 0 saturated heterocycles. The van der Waals surface area contributed by atoms with Crippen molar-refractivity contribution in [3.63, 3.8) is 0 Å². The number of hydrogen-bond acceptors (Lipinski definition) is 9. The number of primary amides is 1. The molecular formula is C36H60N8O8. The molecule has 0 aliphatic carbocycles. The van der Waals surface area contributed by atoms with E-state index < -0.39 is 89.5 Å². The Morgan fingerprint density at radius 2 is 1.21 bits per heavy atom. The van der Waals surface area contributed by atoms with Crippen LogP contribution >= 0.6 is 0 Å². The van der Waals surface area contributed by atoms with Gasteiger partial charge in [0.2, 0.25) is 35.4 Å². The lowest BCUT2D eigenvalue weighted by Gasteiger charge is -2.30. The fourth-order valence-corrected chi connectivity index (χ4v) is 5.20. The van der Waals surface area contributed by atoms with Gasteiger partial charge in [0, 0.05) is 12.8 Å². The smallest absolute Gasteiger partial charge is 0.326 e. The third kappa shape index (κ3) is 15.8. The minimum Gasteiger partial charge on any atom is -0.480 e. The van der Waals surface area contributed by atoms with Crippen molar-refractivity contribution in [1.29, 1.82) is 0 Å². The molecule has 1 rings (SSSR count). The Bertz CT molecular complexity index is 1340. The summed E-state index contributed by atoms with van der Waals surface area (Å²) in [4.78, 5) is 90.9. The van der Waals surface area contributed by atoms with E-state index in [2.05, 4.69) is 26.6 Å². The number of benzene rings is 1. The molecule has 6 amide bonds. The van der Waals surface area contributed by atoms with Gasteiger partial charge in [-0.15, -0.1) is 0 Å². The van der Waals surface area contributed by atoms with E-state index in [9.17, 15) is 38.7 Å². The van der Waals surface area contributed by atoms with Crippen LogP contribution in [0.25, 0.3) is 0 Å². The van der Waals surface area contributed by atoms with Crippen LogP contribution in [0, 0.1) is 17.8 Å². The van der Waals surface area contributed by atoms with Gasteiger partial charge in [-0.3, -0.25) is 28.8 Å². The number of carbonyl (C=O) groups is 7. The maximum Gasteiger partial charge on any atom is 0.326 e. The largest absolute Gasteiger partial charge is 0.480 e. The van der Waals surface area contributed by atoms with Gasteiger partial charge in [0.15, 0.2) is 0 Å². The van der Waals surface area contributed by atoms with Gasteiger partial charge in [0.05, 0.1) is 6.04 Å². The highest BCUT2D eigenvalue weighted by atomic mass is 16.4. The zero-order valence-electron chi connectivity index (χ0n) is 31.3. The number of hydrogen-bond donors (Lipinski definition) is 9. The predicted octanol–water partition coefficient (Wildman–Crippen LogP) is -0.182. The summed E-state index contributed by atoms with van der Waals surface area (Å²) in [6, 6.07) is 1.97. The van der Waals surface area contributed by atoms with E-state index in [4.69, 9.17) is 17.2 Å². The minimum atomic E-state index is -1.23. The highest BCUT2D eigenvalue weighted by Gasteiger charge is 2.35. The van der Waals surface area contributed by atoms with Gasteiger partial charge in [-0.1, -0.05) is 78.3 Å². The Kier molecular flexibility index (Phi) is 20.2. The van der Waals surface area contributed by atoms with Crippen LogP contribution in [0.5, 0.6) is 0 Å². The number of carboxylic acids is 1. The van der Waals surface area contributed by atoms with Gasteiger partial charge >= 0.3 is 5.97 Å². The quantitative estimate of drug-likeness (QED) is 0.0632. The number of carbonyl (C=O) groups excluding carboxylic acids is 6. The van der Waals surface area contributed by atoms with Crippen molar-refractivity contribution in [2.75, 3.05) is 6.54 Å². The summed E-state index contributed by atoms with van der Waals surface area (Å²) in [7, 11) is 0. The van der Waals surface area contributed by atoms with Crippen LogP contribution in [0.4, 0.5) is 0 Å². The standard InChI is InChI=1S/C36H60N8O8/c1-7-22(6)30(44-31(46)24(16-17-27(38)45)40-33(48)28(39)20(2)3)35(50)43-29(21(4)5)34(49)42-26(19-23-13-9-8-10-14-23)32(47)41-25(36(51)52)15-11-12-18-37/h8-10,13-14,20-22,24-26,28-30H,7,11-12,15-19,37,39H2,1-6H3,(H2,38,45)(H,40,48)(H,41,47)(H,42,49)(H,43,50)(H,44,46)(H,51,52)/t22-,24-,25-,26-,28-,29-,30-/m0/s1. The lowest BCUT2D eigenvalue weighted by Crippen LogP contribution is -2.61. The Balaban J connectivity index is 3.30. The summed E-state index contributed by atoms with van der Waals surface area (Å²) < 4.78 is 0. The molecule has 0 bridgehead atoms. The molecular weight excluding hydrogens is 672 g/mol. The van der Waals surface area contributed by atoms with Crippen LogP contribution in [-0.4, -0.2) is 89.3 Å². The maximum absolute atomic E-state index is 13.8. The lowest BCUT2D eigenvalue weighted by atomic mass is 9.95. The van der Waals surface area contributed by atoms with E-state index in [0.717, 1.165) is 0 Å². The zero-order chi connectivity index (χ0) is 39.5. The summed E-state index contributed by atoms with van der Waals surface area (Å²) in [5, 5.41) is 22.9. The second-order valence-corrected chi connectivity index (χ2v) is 13.9. The van der Waals surface area contributed by atoms with Crippen molar-refractivity contribution in [3.05, 3.63) is 35.9 Å². The molecule has 0 fully saturated rings. The second-order valence-electron chi connectivity index (χ2n) is 13.9. The lowest BCUT2D eigenvalue weighted by molar-refractivity contribution is -0.142. The zero-order valence-corrected chi connectivity index (χ0v) is 31.3. The highest BCUT2D eigenvalue weighted by molar-refractivity contribution is 5.96. The third-order valence-electron chi connectivity index (χ3n) is 8.85. The average molecular weight is 733 g/mol. The van der Waals surface area contributed by atoms with Crippen molar-refractivity contribution in [1.82, 2.24) is 26.6 Å². The first kappa shape index (κ1) is 45.5. The Hall–Kier alpha value is -4.57. The predicted molar refractivity (Wildman–Crippen MR) is 196 cm³/mol. The first-order valence-corrected chi connectivity index (χ1v) is 18.0. The van der Waals surface area contributed by atoms with Crippen molar-refractivity contribution >= 4 is 41.4 Å². The number of unbranched alkanes of at least 4 members (excludes halogenated alkanes) is 1. The normalized spacial score (nSPS) is 15.3. The molecule has 0 unspecified atom stereocenters. The molecule has 1 aromatic rings. The number of aliphatic carboxylic acids is 1. The minimum absolute atomic E-state index is 0.0384. The number of amides is 6. The molecule has 292 valence electrons. The van der Waals surface area contributed by atoms with Crippen LogP contribution in [-0.2, 0) is 40.0 Å². The van der Waals surface area contributed by atoms with Crippen molar-refractivity contribution in [2.45, 2.75) is 123 Å². The molecule has 12 N–H and O–H groups in total. The summed E-state index contributed by atoms with van der Waals surface area (Å²) in [6.45, 7) is 10.8. The van der Waals surface area contributed by atoms with Crippen molar-refractivity contribution < 1.29 is 38.7 Å². The third-order valence-corrected chi connectivity index (χ3v) is 8.85. The van der Waals surface area contributed by atoms with Crippen molar-refractivity contribution in [2.24, 2.45) is 35.0 Å². The molecule has 16 heteroatoms. The summed E-state index contributed by atoms with van der Waals surface area (Å²) >= 11 is 0. The fourth-order valence-electron chi connectivity index (χ4n) is 5.20. The van der Waals surface area contributed by atoms with Crippen molar-refractivity contribution in [3.8, 4) is 0 Å². The van der Waals surface area contributed by atoms with Crippen LogP contribution in [0.2, 0.25) is 0 Å². The molecule has 7 atom stereocenters. The van der Waals surface area contributed by atoms with E-state index >= 15 is 0 Å². The summed E-state index contributed by atoms with van der Waals surface area (Å²) in [6.07, 6.45) is 1.33. The molecule has 52 heavy (non-hydrogen) atoms. The van der Waals surface area contributed by atoms with Gasteiger partial charge in [-0.2, -0.15) is 0 Å². The van der Waals surface area contributed by atoms with Crippen LogP contribution < -0.4 is 43.8 Å². The number of carboxylic acid groups (broad SMARTS) is 1.